The fourth-order valence-electron chi connectivity index (χ4n) is 7.43. The third kappa shape index (κ3) is 4.21. The molecule has 5 aromatic carbocycles. The van der Waals surface area contributed by atoms with Crippen LogP contribution in [0.5, 0.6) is 0 Å². The first-order valence-electron chi connectivity index (χ1n) is 15.9. The summed E-state index contributed by atoms with van der Waals surface area (Å²) in [5.74, 6) is 1.63. The number of hydrogen-bond acceptors (Lipinski definition) is 3. The minimum absolute atomic E-state index is 0.251. The van der Waals surface area contributed by atoms with E-state index in [1.54, 1.807) is 0 Å². The molecule has 0 saturated carbocycles. The molecule has 0 radical (unpaired) electrons. The first-order chi connectivity index (χ1) is 22.9. The van der Waals surface area contributed by atoms with Gasteiger partial charge >= 0.3 is 0 Å². The summed E-state index contributed by atoms with van der Waals surface area (Å²) in [5, 5.41) is 2.22. The molecule has 0 spiro atoms. The zero-order chi connectivity index (χ0) is 31.9. The molecule has 0 N–H and O–H groups in total. The Morgan fingerprint density at radius 2 is 1.51 bits per heavy atom. The summed E-state index contributed by atoms with van der Waals surface area (Å²) in [5.41, 5.74) is 8.46. The quantitative estimate of drug-likeness (QED) is 0.194. The third-order valence-corrected chi connectivity index (χ3v) is 10.9. The van der Waals surface area contributed by atoms with E-state index in [-0.39, 0.29) is 5.41 Å². The number of hydrogen-bond donors (Lipinski definition) is 0. The van der Waals surface area contributed by atoms with Crippen molar-refractivity contribution < 1.29 is 4.39 Å². The summed E-state index contributed by atoms with van der Waals surface area (Å²) in [4.78, 5) is 12.2. The summed E-state index contributed by atoms with van der Waals surface area (Å²) in [6, 6.07) is 40.9. The first kappa shape index (κ1) is 28.1. The van der Waals surface area contributed by atoms with Crippen molar-refractivity contribution in [3.8, 4) is 17.2 Å². The van der Waals surface area contributed by atoms with Crippen LogP contribution in [0.2, 0.25) is 0 Å². The average Bonchev–Trinajstić information content (AvgIpc) is 3.62. The zero-order valence-corrected chi connectivity index (χ0v) is 27.1. The lowest BCUT2D eigenvalue weighted by Gasteiger charge is -2.35. The van der Waals surface area contributed by atoms with Gasteiger partial charge in [0.25, 0.3) is 0 Å². The fraction of sp³-hybridized carbons (Fsp3) is 0.122. The summed E-state index contributed by atoms with van der Waals surface area (Å²) >= 11 is 1.82. The van der Waals surface area contributed by atoms with E-state index in [2.05, 4.69) is 71.5 Å². The highest BCUT2D eigenvalue weighted by Crippen LogP contribution is 2.53. The molecule has 3 aromatic heterocycles. The number of imidazole rings is 1. The van der Waals surface area contributed by atoms with Crippen molar-refractivity contribution in [2.75, 3.05) is 0 Å². The van der Waals surface area contributed by atoms with E-state index in [9.17, 15) is 0 Å². The highest BCUT2D eigenvalue weighted by atomic mass is 32.2. The van der Waals surface area contributed by atoms with Crippen LogP contribution in [0, 0.1) is 0 Å². The Morgan fingerprint density at radius 1 is 0.723 bits per heavy atom. The van der Waals surface area contributed by atoms with E-state index in [1.165, 1.54) is 20.9 Å². The Balaban J connectivity index is 1.23. The van der Waals surface area contributed by atoms with Crippen LogP contribution < -0.4 is 0 Å². The van der Waals surface area contributed by atoms with Crippen molar-refractivity contribution in [2.45, 2.75) is 35.2 Å². The van der Waals surface area contributed by atoms with Crippen LogP contribution >= 0.6 is 11.8 Å². The van der Waals surface area contributed by atoms with Crippen molar-refractivity contribution in [2.24, 2.45) is 7.05 Å². The maximum atomic E-state index is 16.7. The molecule has 1 atom stereocenters. The highest BCUT2D eigenvalue weighted by molar-refractivity contribution is 7.99. The van der Waals surface area contributed by atoms with E-state index in [0.29, 0.717) is 11.1 Å². The topological polar surface area (TPSA) is 35.6 Å². The van der Waals surface area contributed by atoms with Gasteiger partial charge in [-0.2, -0.15) is 0 Å². The summed E-state index contributed by atoms with van der Waals surface area (Å²) in [7, 11) is 2.01. The van der Waals surface area contributed by atoms with Crippen LogP contribution in [0.3, 0.4) is 0 Å². The number of aromatic nitrogens is 4. The van der Waals surface area contributed by atoms with E-state index >= 15 is 4.39 Å². The van der Waals surface area contributed by atoms with Crippen LogP contribution in [0.4, 0.5) is 4.39 Å². The Kier molecular flexibility index (Phi) is 6.21. The number of alkyl halides is 1. The SMILES string of the molecule is Cn1c(-c2cccc(C(F)c3ccc4c5ccc6c(c5n(-c5ccccn5)c4c3)C(C)(C)c3ccccc3S6)c2)nc2ccccc21. The fourth-order valence-corrected chi connectivity index (χ4v) is 8.84. The Labute approximate surface area is 276 Å². The number of para-hydroxylation sites is 2. The second kappa shape index (κ2) is 10.4. The lowest BCUT2D eigenvalue weighted by Crippen LogP contribution is -2.24. The third-order valence-electron chi connectivity index (χ3n) is 9.72. The van der Waals surface area contributed by atoms with E-state index in [4.69, 9.17) is 9.97 Å². The van der Waals surface area contributed by atoms with Crippen LogP contribution in [0.25, 0.3) is 50.0 Å². The van der Waals surface area contributed by atoms with Crippen LogP contribution in [0.15, 0.2) is 137 Å². The normalized spacial score (nSPS) is 14.4. The number of benzene rings is 5. The van der Waals surface area contributed by atoms with Crippen LogP contribution in [-0.4, -0.2) is 19.1 Å². The maximum Gasteiger partial charge on any atom is 0.150 e. The van der Waals surface area contributed by atoms with Gasteiger partial charge in [-0.15, -0.1) is 0 Å². The van der Waals surface area contributed by atoms with Gasteiger partial charge < -0.3 is 4.57 Å². The minimum Gasteiger partial charge on any atom is -0.327 e. The number of aryl methyl sites for hydroxylation is 1. The molecule has 0 aliphatic carbocycles. The predicted octanol–water partition coefficient (Wildman–Crippen LogP) is 10.6. The highest BCUT2D eigenvalue weighted by Gasteiger charge is 2.36. The smallest absolute Gasteiger partial charge is 0.150 e. The van der Waals surface area contributed by atoms with Gasteiger partial charge in [0.2, 0.25) is 0 Å². The molecule has 228 valence electrons. The minimum atomic E-state index is -1.32. The van der Waals surface area contributed by atoms with Crippen LogP contribution in [0.1, 0.15) is 42.3 Å². The molecule has 8 aromatic rings. The van der Waals surface area contributed by atoms with Gasteiger partial charge in [-0.1, -0.05) is 98.4 Å². The number of nitrogens with zero attached hydrogens (tertiary/aromatic N) is 4. The zero-order valence-electron chi connectivity index (χ0n) is 26.3. The Hall–Kier alpha value is -5.20. The first-order valence-corrected chi connectivity index (χ1v) is 16.7. The molecule has 0 amide bonds. The largest absolute Gasteiger partial charge is 0.327 e. The van der Waals surface area contributed by atoms with Gasteiger partial charge in [-0.3, -0.25) is 4.57 Å². The van der Waals surface area contributed by atoms with Gasteiger partial charge in [-0.25, -0.2) is 14.4 Å². The van der Waals surface area contributed by atoms with E-state index in [0.717, 1.165) is 50.0 Å². The van der Waals surface area contributed by atoms with Crippen molar-refractivity contribution in [1.82, 2.24) is 19.1 Å². The Bertz CT molecular complexity index is 2510. The molecule has 1 aliphatic rings. The number of fused-ring (bicyclic) bond motifs is 7. The van der Waals surface area contributed by atoms with E-state index in [1.807, 2.05) is 97.8 Å². The summed E-state index contributed by atoms with van der Waals surface area (Å²) in [6.45, 7) is 4.62. The summed E-state index contributed by atoms with van der Waals surface area (Å²) in [6.07, 6.45) is 0.503. The van der Waals surface area contributed by atoms with Crippen molar-refractivity contribution in [3.63, 3.8) is 0 Å². The molecular weight excluding hydrogens is 600 g/mol. The molecule has 6 heteroatoms. The van der Waals surface area contributed by atoms with Crippen molar-refractivity contribution in [3.05, 3.63) is 150 Å². The van der Waals surface area contributed by atoms with Crippen molar-refractivity contribution in [1.29, 1.82) is 0 Å². The molecule has 9 rings (SSSR count). The molecule has 1 unspecified atom stereocenters. The number of rotatable bonds is 4. The monoisotopic (exact) mass is 630 g/mol. The van der Waals surface area contributed by atoms with Gasteiger partial charge in [-0.05, 0) is 65.2 Å². The molecule has 1 aliphatic heterocycles. The van der Waals surface area contributed by atoms with Crippen LogP contribution in [-0.2, 0) is 12.5 Å². The molecular formula is C41H31FN4S. The molecule has 47 heavy (non-hydrogen) atoms. The van der Waals surface area contributed by atoms with Crippen molar-refractivity contribution >= 4 is 44.6 Å². The van der Waals surface area contributed by atoms with Gasteiger partial charge in [0.05, 0.1) is 22.1 Å². The molecule has 4 heterocycles. The molecule has 0 saturated heterocycles. The maximum absolute atomic E-state index is 16.7. The number of halogens is 1. The molecule has 0 fully saturated rings. The molecule has 0 bridgehead atoms. The van der Waals surface area contributed by atoms with Gasteiger partial charge in [0, 0.05) is 50.3 Å². The Morgan fingerprint density at radius 3 is 2.36 bits per heavy atom. The average molecular weight is 631 g/mol. The second-order valence-electron chi connectivity index (χ2n) is 12.8. The summed E-state index contributed by atoms with van der Waals surface area (Å²) < 4.78 is 21.0. The van der Waals surface area contributed by atoms with Gasteiger partial charge in [0.1, 0.15) is 11.6 Å². The van der Waals surface area contributed by atoms with Gasteiger partial charge in [0.15, 0.2) is 6.17 Å². The lowest BCUT2D eigenvalue weighted by molar-refractivity contribution is 0.402. The van der Waals surface area contributed by atoms with E-state index < -0.39 is 6.17 Å². The lowest BCUT2D eigenvalue weighted by atomic mass is 9.76. The predicted molar refractivity (Wildman–Crippen MR) is 190 cm³/mol. The standard InChI is InChI=1S/C41H31FN4S/c1-41(2)30-13-4-7-16-34(30)47-35-21-20-29-28-19-18-26(24-33(28)46(39(29)37(35)41)36-17-8-9-22-43-36)38(42)25-11-10-12-27(23-25)40-44-31-14-5-6-15-32(31)45(40)3/h4-24,38H,1-3H3. The molecule has 4 nitrogen and oxygen atoms in total. The number of pyridine rings is 1. The second-order valence-corrected chi connectivity index (χ2v) is 13.9.